The van der Waals surface area contributed by atoms with Crippen molar-refractivity contribution >= 4 is 0 Å². The van der Waals surface area contributed by atoms with Crippen molar-refractivity contribution in [1.82, 2.24) is 0 Å². The van der Waals surface area contributed by atoms with Crippen molar-refractivity contribution in [1.29, 1.82) is 0 Å². The Morgan fingerprint density at radius 2 is 1.89 bits per heavy atom. The highest BCUT2D eigenvalue weighted by molar-refractivity contribution is 4.93. The van der Waals surface area contributed by atoms with Gasteiger partial charge in [0.15, 0.2) is 6.29 Å². The molecule has 0 saturated carbocycles. The van der Waals surface area contributed by atoms with Crippen LogP contribution in [0, 0.1) is 0 Å². The summed E-state index contributed by atoms with van der Waals surface area (Å²) in [6.45, 7) is 6.14. The fourth-order valence-electron chi connectivity index (χ4n) is 1.90. The molecule has 0 aromatic rings. The molecule has 108 valence electrons. The van der Waals surface area contributed by atoms with Gasteiger partial charge < -0.3 is 29.8 Å². The number of rotatable bonds is 5. The third-order valence-electron chi connectivity index (χ3n) is 2.87. The van der Waals surface area contributed by atoms with Crippen molar-refractivity contribution in [2.24, 2.45) is 5.73 Å². The molecule has 0 aliphatic carbocycles. The molecule has 1 rings (SSSR count). The molecule has 0 amide bonds. The highest BCUT2D eigenvalue weighted by Crippen LogP contribution is 2.26. The lowest BCUT2D eigenvalue weighted by atomic mass is 10.0. The molecule has 5 atom stereocenters. The van der Waals surface area contributed by atoms with E-state index < -0.39 is 30.6 Å². The van der Waals surface area contributed by atoms with Crippen molar-refractivity contribution in [2.45, 2.75) is 57.0 Å². The van der Waals surface area contributed by atoms with Crippen LogP contribution in [-0.2, 0) is 18.9 Å². The van der Waals surface area contributed by atoms with E-state index in [0.29, 0.717) is 6.61 Å². The summed E-state index contributed by atoms with van der Waals surface area (Å²) in [5, 5.41) is 10.1. The first kappa shape index (κ1) is 15.8. The summed E-state index contributed by atoms with van der Waals surface area (Å²) in [6.07, 6.45) is -2.50. The van der Waals surface area contributed by atoms with Crippen LogP contribution in [0.1, 0.15) is 20.8 Å². The Kier molecular flexibility index (Phi) is 5.51. The molecule has 6 heteroatoms. The summed E-state index contributed by atoms with van der Waals surface area (Å²) in [7, 11) is 3.01. The van der Waals surface area contributed by atoms with Gasteiger partial charge in [0.25, 0.3) is 0 Å². The minimum atomic E-state index is -0.821. The highest BCUT2D eigenvalue weighted by atomic mass is 16.7. The Hall–Kier alpha value is -0.240. The minimum Gasteiger partial charge on any atom is -0.387 e. The molecule has 0 unspecified atom stereocenters. The molecule has 3 N–H and O–H groups in total. The van der Waals surface area contributed by atoms with Gasteiger partial charge in [-0.05, 0) is 20.8 Å². The van der Waals surface area contributed by atoms with Gasteiger partial charge in [-0.1, -0.05) is 0 Å². The quantitative estimate of drug-likeness (QED) is 0.719. The number of ether oxygens (including phenoxy) is 4. The van der Waals surface area contributed by atoms with E-state index in [1.165, 1.54) is 14.2 Å². The van der Waals surface area contributed by atoms with Crippen molar-refractivity contribution in [2.75, 3.05) is 20.8 Å². The van der Waals surface area contributed by atoms with E-state index >= 15 is 0 Å². The zero-order valence-corrected chi connectivity index (χ0v) is 11.8. The number of hydrogen-bond donors (Lipinski definition) is 2. The third-order valence-corrected chi connectivity index (χ3v) is 2.87. The monoisotopic (exact) mass is 263 g/mol. The van der Waals surface area contributed by atoms with Crippen LogP contribution in [0.3, 0.4) is 0 Å². The molecule has 0 spiro atoms. The summed E-state index contributed by atoms with van der Waals surface area (Å²) in [5.74, 6) is 0. The number of nitrogens with two attached hydrogens (primary N) is 1. The van der Waals surface area contributed by atoms with Gasteiger partial charge in [0, 0.05) is 14.2 Å². The van der Waals surface area contributed by atoms with E-state index in [-0.39, 0.29) is 5.60 Å². The average molecular weight is 263 g/mol. The van der Waals surface area contributed by atoms with E-state index in [9.17, 15) is 5.11 Å². The van der Waals surface area contributed by atoms with E-state index in [2.05, 4.69) is 0 Å². The van der Waals surface area contributed by atoms with Crippen LogP contribution >= 0.6 is 0 Å². The second kappa shape index (κ2) is 6.27. The van der Waals surface area contributed by atoms with Crippen LogP contribution in [0.5, 0.6) is 0 Å². The molecular weight excluding hydrogens is 238 g/mol. The average Bonchev–Trinajstić information content (AvgIpc) is 2.61. The second-order valence-corrected chi connectivity index (χ2v) is 5.48. The first-order chi connectivity index (χ1) is 8.30. The Labute approximate surface area is 108 Å². The van der Waals surface area contributed by atoms with Crippen molar-refractivity contribution in [3.05, 3.63) is 0 Å². The minimum absolute atomic E-state index is 0.275. The molecule has 1 heterocycles. The molecule has 1 aliphatic heterocycles. The van der Waals surface area contributed by atoms with Gasteiger partial charge >= 0.3 is 0 Å². The molecule has 6 nitrogen and oxygen atoms in total. The first-order valence-electron chi connectivity index (χ1n) is 6.09. The zero-order chi connectivity index (χ0) is 13.9. The van der Waals surface area contributed by atoms with E-state index in [1.54, 1.807) is 0 Å². The van der Waals surface area contributed by atoms with Crippen LogP contribution < -0.4 is 5.73 Å². The number of aliphatic hydroxyl groups excluding tert-OH is 1. The number of hydrogen-bond acceptors (Lipinski definition) is 6. The van der Waals surface area contributed by atoms with Gasteiger partial charge in [0.05, 0.1) is 18.2 Å². The zero-order valence-electron chi connectivity index (χ0n) is 11.8. The summed E-state index contributed by atoms with van der Waals surface area (Å²) in [6, 6.07) is -0.433. The normalized spacial score (nSPS) is 34.8. The Morgan fingerprint density at radius 1 is 1.28 bits per heavy atom. The van der Waals surface area contributed by atoms with E-state index in [4.69, 9.17) is 24.7 Å². The van der Waals surface area contributed by atoms with Crippen LogP contribution in [-0.4, -0.2) is 62.2 Å². The van der Waals surface area contributed by atoms with Crippen molar-refractivity contribution < 1.29 is 24.1 Å². The molecule has 18 heavy (non-hydrogen) atoms. The lowest BCUT2D eigenvalue weighted by molar-refractivity contribution is -0.160. The molecule has 0 bridgehead atoms. The van der Waals surface area contributed by atoms with Gasteiger partial charge in [0.2, 0.25) is 0 Å². The van der Waals surface area contributed by atoms with Crippen LogP contribution in [0.4, 0.5) is 0 Å². The Morgan fingerprint density at radius 3 is 2.28 bits per heavy atom. The Bertz CT molecular complexity index is 255. The largest absolute Gasteiger partial charge is 0.387 e. The predicted molar refractivity (Wildman–Crippen MR) is 66.2 cm³/mol. The maximum absolute atomic E-state index is 10.1. The maximum Gasteiger partial charge on any atom is 0.186 e. The van der Waals surface area contributed by atoms with Crippen LogP contribution in [0.25, 0.3) is 0 Å². The van der Waals surface area contributed by atoms with Gasteiger partial charge in [-0.25, -0.2) is 0 Å². The molecule has 0 aromatic heterocycles. The fourth-order valence-corrected chi connectivity index (χ4v) is 1.90. The van der Waals surface area contributed by atoms with E-state index in [1.807, 2.05) is 20.8 Å². The van der Waals surface area contributed by atoms with Crippen LogP contribution in [0.2, 0.25) is 0 Å². The van der Waals surface area contributed by atoms with E-state index in [0.717, 1.165) is 0 Å². The molecule has 0 radical (unpaired) electrons. The summed E-state index contributed by atoms with van der Waals surface area (Å²) in [4.78, 5) is 0. The van der Waals surface area contributed by atoms with Gasteiger partial charge in [0.1, 0.15) is 18.3 Å². The lowest BCUT2D eigenvalue weighted by Crippen LogP contribution is -2.47. The summed E-state index contributed by atoms with van der Waals surface area (Å²) < 4.78 is 21.4. The molecule has 0 aromatic carbocycles. The summed E-state index contributed by atoms with van der Waals surface area (Å²) >= 11 is 0. The van der Waals surface area contributed by atoms with Gasteiger partial charge in [-0.2, -0.15) is 0 Å². The Balaban J connectivity index is 2.56. The van der Waals surface area contributed by atoms with Gasteiger partial charge in [-0.3, -0.25) is 0 Å². The standard InChI is InChI=1S/C12H25NO5/c1-12(2,3)17-6-7(13)9-8(14)10(15-4)11(16-5)18-9/h7-11,14H,6,13H2,1-5H3/t7-,8-,9+,10+,11+/m1/s1. The molecule has 1 saturated heterocycles. The van der Waals surface area contributed by atoms with Gasteiger partial charge in [-0.15, -0.1) is 0 Å². The number of aliphatic hydroxyl groups is 1. The number of methoxy groups -OCH3 is 2. The smallest absolute Gasteiger partial charge is 0.186 e. The molecular formula is C12H25NO5. The highest BCUT2D eigenvalue weighted by Gasteiger charge is 2.46. The first-order valence-corrected chi connectivity index (χ1v) is 6.09. The predicted octanol–water partition coefficient (Wildman–Crippen LogP) is -0.124. The topological polar surface area (TPSA) is 83.2 Å². The van der Waals surface area contributed by atoms with Crippen LogP contribution in [0.15, 0.2) is 0 Å². The summed E-state index contributed by atoms with van der Waals surface area (Å²) in [5.41, 5.74) is 5.71. The van der Waals surface area contributed by atoms with Crippen molar-refractivity contribution in [3.8, 4) is 0 Å². The third kappa shape index (κ3) is 3.88. The fraction of sp³-hybridized carbons (Fsp3) is 1.00. The molecule has 1 aliphatic rings. The maximum atomic E-state index is 10.1. The SMILES string of the molecule is CO[C@H]1O[C@@H]([C@H](N)COC(C)(C)C)[C@@H](O)[C@@H]1OC. The van der Waals surface area contributed by atoms with Crippen molar-refractivity contribution in [3.63, 3.8) is 0 Å². The molecule has 1 fully saturated rings. The second-order valence-electron chi connectivity index (χ2n) is 5.48. The lowest BCUT2D eigenvalue weighted by Gasteiger charge is -2.26.